The molecule has 0 aliphatic rings. The minimum absolute atomic E-state index is 0.275. The number of carbonyl (C=O) groups excluding carboxylic acids is 1. The predicted molar refractivity (Wildman–Crippen MR) is 126 cm³/mol. The third-order valence-electron chi connectivity index (χ3n) is 4.79. The highest BCUT2D eigenvalue weighted by molar-refractivity contribution is 7.99. The van der Waals surface area contributed by atoms with E-state index in [4.69, 9.17) is 10.5 Å². The number of hydrogen-bond donors (Lipinski definition) is 2. The number of amides is 1. The first kappa shape index (κ1) is 21.4. The number of methoxy groups -OCH3 is 1. The summed E-state index contributed by atoms with van der Waals surface area (Å²) in [6.45, 7) is 0. The zero-order valence-corrected chi connectivity index (χ0v) is 18.0. The fourth-order valence-corrected chi connectivity index (χ4v) is 3.99. The van der Waals surface area contributed by atoms with Gasteiger partial charge in [-0.15, -0.1) is 0 Å². The van der Waals surface area contributed by atoms with Gasteiger partial charge in [0.25, 0.3) is 5.91 Å². The Balaban J connectivity index is 1.49. The molecule has 4 rings (SSSR count). The molecule has 0 atom stereocenters. The van der Waals surface area contributed by atoms with Crippen LogP contribution in [0.1, 0.15) is 10.4 Å². The van der Waals surface area contributed by atoms with E-state index in [1.807, 2.05) is 18.2 Å². The van der Waals surface area contributed by atoms with Crippen molar-refractivity contribution in [3.63, 3.8) is 0 Å². The summed E-state index contributed by atoms with van der Waals surface area (Å²) < 4.78 is 18.6. The van der Waals surface area contributed by atoms with Gasteiger partial charge in [0.1, 0.15) is 11.6 Å². The van der Waals surface area contributed by atoms with Crippen LogP contribution in [-0.4, -0.2) is 18.0 Å². The molecule has 4 aromatic rings. The molecule has 32 heavy (non-hydrogen) atoms. The molecule has 0 aliphatic heterocycles. The van der Waals surface area contributed by atoms with Gasteiger partial charge in [0.2, 0.25) is 0 Å². The van der Waals surface area contributed by atoms with Crippen molar-refractivity contribution < 1.29 is 13.9 Å². The number of nitrogen functional groups attached to an aromatic ring is 1. The number of halogens is 1. The Labute approximate surface area is 189 Å². The van der Waals surface area contributed by atoms with E-state index in [1.165, 1.54) is 23.9 Å². The van der Waals surface area contributed by atoms with Crippen molar-refractivity contribution in [1.82, 2.24) is 4.98 Å². The third-order valence-corrected chi connectivity index (χ3v) is 5.82. The van der Waals surface area contributed by atoms with Gasteiger partial charge < -0.3 is 15.8 Å². The zero-order chi connectivity index (χ0) is 22.5. The first-order valence-corrected chi connectivity index (χ1v) is 10.6. The summed E-state index contributed by atoms with van der Waals surface area (Å²) in [5.74, 6) is 0.160. The molecule has 0 saturated carbocycles. The molecule has 0 fully saturated rings. The quantitative estimate of drug-likeness (QED) is 0.362. The van der Waals surface area contributed by atoms with Crippen molar-refractivity contribution in [2.24, 2.45) is 0 Å². The summed E-state index contributed by atoms with van der Waals surface area (Å²) in [4.78, 5) is 18.7. The van der Waals surface area contributed by atoms with E-state index in [9.17, 15) is 9.18 Å². The van der Waals surface area contributed by atoms with Crippen molar-refractivity contribution in [1.29, 1.82) is 0 Å². The topological polar surface area (TPSA) is 77.2 Å². The Hall–Kier alpha value is -3.84. The van der Waals surface area contributed by atoms with Gasteiger partial charge >= 0.3 is 0 Å². The van der Waals surface area contributed by atoms with Gasteiger partial charge in [-0.25, -0.2) is 4.39 Å². The van der Waals surface area contributed by atoms with Crippen LogP contribution in [0.5, 0.6) is 5.75 Å². The molecule has 0 spiro atoms. The molecule has 0 aliphatic carbocycles. The van der Waals surface area contributed by atoms with Crippen LogP contribution in [0, 0.1) is 5.82 Å². The second-order valence-corrected chi connectivity index (χ2v) is 8.03. The summed E-state index contributed by atoms with van der Waals surface area (Å²) in [6.07, 6.45) is 3.41. The molecule has 0 radical (unpaired) electrons. The molecular formula is C25H20FN3O2S. The van der Waals surface area contributed by atoms with Gasteiger partial charge in [0.15, 0.2) is 0 Å². The number of hydrogen-bond acceptors (Lipinski definition) is 5. The highest BCUT2D eigenvalue weighted by atomic mass is 32.2. The van der Waals surface area contributed by atoms with E-state index < -0.39 is 0 Å². The Morgan fingerprint density at radius 1 is 1.00 bits per heavy atom. The van der Waals surface area contributed by atoms with Crippen LogP contribution in [0.25, 0.3) is 11.1 Å². The monoisotopic (exact) mass is 445 g/mol. The number of ether oxygens (including phenoxy) is 1. The van der Waals surface area contributed by atoms with Crippen molar-refractivity contribution in [2.45, 2.75) is 9.79 Å². The SMILES string of the molecule is COc1ccncc1Sc1ccc(C(=O)Nc2cc(-c3ccc(F)cc3)ccc2N)cc1. The number of benzene rings is 3. The van der Waals surface area contributed by atoms with Gasteiger partial charge in [-0.05, 0) is 65.7 Å². The predicted octanol–water partition coefficient (Wildman–Crippen LogP) is 5.88. The second kappa shape index (κ2) is 9.53. The highest BCUT2D eigenvalue weighted by Crippen LogP contribution is 2.34. The van der Waals surface area contributed by atoms with E-state index in [2.05, 4.69) is 10.3 Å². The molecule has 0 bridgehead atoms. The van der Waals surface area contributed by atoms with Gasteiger partial charge in [-0.2, -0.15) is 0 Å². The summed E-state index contributed by atoms with van der Waals surface area (Å²) in [6, 6.07) is 20.5. The van der Waals surface area contributed by atoms with Crippen LogP contribution < -0.4 is 15.8 Å². The number of carbonyl (C=O) groups is 1. The summed E-state index contributed by atoms with van der Waals surface area (Å²) >= 11 is 1.50. The molecule has 3 N–H and O–H groups in total. The lowest BCUT2D eigenvalue weighted by Gasteiger charge is -2.11. The maximum absolute atomic E-state index is 13.2. The molecule has 1 heterocycles. The number of nitrogens with one attached hydrogen (secondary N) is 1. The first-order chi connectivity index (χ1) is 15.5. The molecule has 3 aromatic carbocycles. The number of nitrogens with zero attached hydrogens (tertiary/aromatic N) is 1. The Morgan fingerprint density at radius 2 is 1.72 bits per heavy atom. The summed E-state index contributed by atoms with van der Waals surface area (Å²) in [5.41, 5.74) is 9.15. The second-order valence-electron chi connectivity index (χ2n) is 6.92. The molecule has 1 amide bonds. The average Bonchev–Trinajstić information content (AvgIpc) is 2.82. The molecule has 160 valence electrons. The summed E-state index contributed by atoms with van der Waals surface area (Å²) in [5, 5.41) is 2.86. The van der Waals surface area contributed by atoms with Crippen LogP contribution in [0.15, 0.2) is 95.0 Å². The fourth-order valence-electron chi connectivity index (χ4n) is 3.09. The van der Waals surface area contributed by atoms with Gasteiger partial charge in [0.05, 0.1) is 23.4 Å². The zero-order valence-electron chi connectivity index (χ0n) is 17.2. The lowest BCUT2D eigenvalue weighted by molar-refractivity contribution is 0.102. The van der Waals surface area contributed by atoms with Gasteiger partial charge in [0, 0.05) is 22.9 Å². The van der Waals surface area contributed by atoms with Crippen LogP contribution in [0.4, 0.5) is 15.8 Å². The van der Waals surface area contributed by atoms with E-state index in [1.54, 1.807) is 62.0 Å². The Bertz CT molecular complexity index is 1250. The number of nitrogens with two attached hydrogens (primary N) is 1. The molecule has 5 nitrogen and oxygen atoms in total. The standard InChI is InChI=1S/C25H20FN3O2S/c1-31-23-12-13-28-15-24(23)32-20-9-4-17(5-10-20)25(30)29-22-14-18(6-11-21(22)27)16-2-7-19(26)8-3-16/h2-15H,27H2,1H3,(H,29,30). The molecular weight excluding hydrogens is 425 g/mol. The minimum atomic E-state index is -0.304. The maximum atomic E-state index is 13.2. The van der Waals surface area contributed by atoms with Crippen molar-refractivity contribution in [3.05, 3.63) is 96.6 Å². The largest absolute Gasteiger partial charge is 0.495 e. The van der Waals surface area contributed by atoms with E-state index in [0.717, 1.165) is 26.7 Å². The smallest absolute Gasteiger partial charge is 0.255 e. The van der Waals surface area contributed by atoms with Crippen molar-refractivity contribution in [2.75, 3.05) is 18.2 Å². The van der Waals surface area contributed by atoms with E-state index in [0.29, 0.717) is 16.9 Å². The molecule has 1 aromatic heterocycles. The highest BCUT2D eigenvalue weighted by Gasteiger charge is 2.11. The number of aromatic nitrogens is 1. The van der Waals surface area contributed by atoms with Crippen molar-refractivity contribution >= 4 is 29.0 Å². The lowest BCUT2D eigenvalue weighted by atomic mass is 10.0. The fraction of sp³-hybridized carbons (Fsp3) is 0.0400. The van der Waals surface area contributed by atoms with Crippen LogP contribution in [0.3, 0.4) is 0 Å². The maximum Gasteiger partial charge on any atom is 0.255 e. The first-order valence-electron chi connectivity index (χ1n) is 9.76. The summed E-state index contributed by atoms with van der Waals surface area (Å²) in [7, 11) is 1.61. The Kier molecular flexibility index (Phi) is 6.37. The van der Waals surface area contributed by atoms with Crippen LogP contribution in [0.2, 0.25) is 0 Å². The number of rotatable bonds is 6. The Morgan fingerprint density at radius 3 is 2.44 bits per heavy atom. The molecule has 0 saturated heterocycles. The van der Waals surface area contributed by atoms with Crippen LogP contribution in [-0.2, 0) is 0 Å². The van der Waals surface area contributed by atoms with E-state index in [-0.39, 0.29) is 11.7 Å². The van der Waals surface area contributed by atoms with Gasteiger partial charge in [-0.3, -0.25) is 9.78 Å². The molecule has 0 unspecified atom stereocenters. The van der Waals surface area contributed by atoms with Crippen molar-refractivity contribution in [3.8, 4) is 16.9 Å². The number of anilines is 2. The third kappa shape index (κ3) is 4.90. The minimum Gasteiger partial charge on any atom is -0.495 e. The molecule has 7 heteroatoms. The van der Waals surface area contributed by atoms with E-state index >= 15 is 0 Å². The normalized spacial score (nSPS) is 10.6. The van der Waals surface area contributed by atoms with Gasteiger partial charge in [-0.1, -0.05) is 30.0 Å². The van der Waals surface area contributed by atoms with Crippen LogP contribution >= 0.6 is 11.8 Å². The number of pyridine rings is 1. The lowest BCUT2D eigenvalue weighted by Crippen LogP contribution is -2.13. The average molecular weight is 446 g/mol.